The summed E-state index contributed by atoms with van der Waals surface area (Å²) in [6, 6.07) is 12.3. The lowest BCUT2D eigenvalue weighted by Gasteiger charge is -1.98. The molecule has 1 nitrogen and oxygen atoms in total. The van der Waals surface area contributed by atoms with Crippen molar-refractivity contribution in [1.29, 1.82) is 0 Å². The largest absolute Gasteiger partial charge is 0.359 e. The van der Waals surface area contributed by atoms with Gasteiger partial charge in [-0.1, -0.05) is 43.0 Å². The minimum atomic E-state index is 1.12. The minimum Gasteiger partial charge on any atom is -0.359 e. The second-order valence-electron chi connectivity index (χ2n) is 3.76. The highest BCUT2D eigenvalue weighted by Crippen LogP contribution is 2.13. The van der Waals surface area contributed by atoms with Crippen LogP contribution in [-0.2, 0) is 0 Å². The highest BCUT2D eigenvalue weighted by atomic mass is 14.7. The van der Waals surface area contributed by atoms with Gasteiger partial charge in [-0.3, -0.25) is 0 Å². The molecule has 16 heavy (non-hydrogen) atoms. The average Bonchev–Trinajstić information content (AvgIpc) is 2.73. The van der Waals surface area contributed by atoms with Gasteiger partial charge in [-0.2, -0.15) is 0 Å². The van der Waals surface area contributed by atoms with Gasteiger partial charge in [-0.15, -0.1) is 0 Å². The lowest BCUT2D eigenvalue weighted by molar-refractivity contribution is 1.25. The van der Waals surface area contributed by atoms with Crippen molar-refractivity contribution in [3.05, 3.63) is 65.5 Å². The van der Waals surface area contributed by atoms with E-state index in [0.717, 1.165) is 11.3 Å². The molecule has 0 atom stereocenters. The molecule has 0 aliphatic heterocycles. The maximum atomic E-state index is 3.81. The number of benzene rings is 1. The fourth-order valence-corrected chi connectivity index (χ4v) is 1.65. The summed E-state index contributed by atoms with van der Waals surface area (Å²) in [5.74, 6) is 0. The quantitative estimate of drug-likeness (QED) is 0.782. The Morgan fingerprint density at radius 3 is 2.38 bits per heavy atom. The first-order chi connectivity index (χ1) is 7.79. The molecule has 1 heteroatoms. The predicted octanol–water partition coefficient (Wildman–Crippen LogP) is 4.14. The monoisotopic (exact) mass is 209 g/mol. The van der Waals surface area contributed by atoms with E-state index in [1.54, 1.807) is 0 Å². The van der Waals surface area contributed by atoms with Crippen molar-refractivity contribution in [2.45, 2.75) is 6.92 Å². The smallest absolute Gasteiger partial charge is 0.0382 e. The Labute approximate surface area is 96.1 Å². The maximum Gasteiger partial charge on any atom is 0.0382 e. The molecule has 1 N–H and O–H groups in total. The third kappa shape index (κ3) is 2.31. The Kier molecular flexibility index (Phi) is 3.06. The van der Waals surface area contributed by atoms with Gasteiger partial charge in [0.25, 0.3) is 0 Å². The van der Waals surface area contributed by atoms with E-state index in [1.807, 2.05) is 18.2 Å². The second-order valence-corrected chi connectivity index (χ2v) is 3.76. The third-order valence-electron chi connectivity index (χ3n) is 2.51. The molecule has 0 saturated heterocycles. The van der Waals surface area contributed by atoms with Crippen molar-refractivity contribution >= 4 is 18.2 Å². The number of aryl methyl sites for hydroxylation is 1. The summed E-state index contributed by atoms with van der Waals surface area (Å²) in [4.78, 5) is 3.27. The number of hydrogen-bond acceptors (Lipinski definition) is 0. The number of nitrogens with one attached hydrogen (secondary N) is 1. The number of aromatic amines is 1. The van der Waals surface area contributed by atoms with E-state index in [1.165, 1.54) is 11.3 Å². The molecule has 1 aromatic carbocycles. The Morgan fingerprint density at radius 2 is 1.75 bits per heavy atom. The second kappa shape index (κ2) is 4.67. The van der Waals surface area contributed by atoms with Crippen molar-refractivity contribution in [2.24, 2.45) is 0 Å². The molecule has 0 aliphatic carbocycles. The van der Waals surface area contributed by atoms with Gasteiger partial charge < -0.3 is 4.98 Å². The lowest BCUT2D eigenvalue weighted by Crippen LogP contribution is -1.78. The molecule has 0 unspecified atom stereocenters. The standard InChI is InChI=1S/C15H15N/c1-3-13-6-4-5-7-14(13)9-11-15-10-8-12(2)16-15/h3-11,16H,1H2,2H3/b11-9+. The van der Waals surface area contributed by atoms with Crippen LogP contribution in [0.5, 0.6) is 0 Å². The topological polar surface area (TPSA) is 15.8 Å². The van der Waals surface area contributed by atoms with Crippen molar-refractivity contribution < 1.29 is 0 Å². The highest BCUT2D eigenvalue weighted by molar-refractivity contribution is 5.73. The first kappa shape index (κ1) is 10.5. The summed E-state index contributed by atoms with van der Waals surface area (Å²) in [7, 11) is 0. The number of hydrogen-bond donors (Lipinski definition) is 1. The molecule has 0 amide bonds. The summed E-state index contributed by atoms with van der Waals surface area (Å²) in [6.45, 7) is 5.86. The Bertz CT molecular complexity index is 518. The number of aromatic nitrogens is 1. The lowest BCUT2D eigenvalue weighted by atomic mass is 10.1. The van der Waals surface area contributed by atoms with E-state index in [9.17, 15) is 0 Å². The van der Waals surface area contributed by atoms with E-state index in [4.69, 9.17) is 0 Å². The zero-order chi connectivity index (χ0) is 11.4. The van der Waals surface area contributed by atoms with Crippen molar-refractivity contribution in [3.63, 3.8) is 0 Å². The first-order valence-electron chi connectivity index (χ1n) is 5.35. The molecule has 0 bridgehead atoms. The summed E-state index contributed by atoms with van der Waals surface area (Å²) in [6.07, 6.45) is 6.05. The van der Waals surface area contributed by atoms with E-state index in [-0.39, 0.29) is 0 Å². The van der Waals surface area contributed by atoms with E-state index >= 15 is 0 Å². The summed E-state index contributed by atoms with van der Waals surface area (Å²) in [5, 5.41) is 0. The molecule has 1 aromatic heterocycles. The first-order valence-corrected chi connectivity index (χ1v) is 5.35. The van der Waals surface area contributed by atoms with E-state index < -0.39 is 0 Å². The molecule has 2 rings (SSSR count). The Morgan fingerprint density at radius 1 is 1.00 bits per heavy atom. The van der Waals surface area contributed by atoms with E-state index in [2.05, 4.69) is 54.9 Å². The minimum absolute atomic E-state index is 1.12. The van der Waals surface area contributed by atoms with Crippen LogP contribution >= 0.6 is 0 Å². The zero-order valence-corrected chi connectivity index (χ0v) is 9.40. The fraction of sp³-hybridized carbons (Fsp3) is 0.0667. The van der Waals surface area contributed by atoms with Crippen LogP contribution in [0.2, 0.25) is 0 Å². The van der Waals surface area contributed by atoms with Gasteiger partial charge in [-0.25, -0.2) is 0 Å². The average molecular weight is 209 g/mol. The molecule has 0 saturated carbocycles. The SMILES string of the molecule is C=Cc1ccccc1/C=C/c1ccc(C)[nH]1. The molecule has 0 aliphatic rings. The maximum absolute atomic E-state index is 3.81. The molecular formula is C15H15N. The van der Waals surface area contributed by atoms with Gasteiger partial charge in [0, 0.05) is 11.4 Å². The third-order valence-corrected chi connectivity index (χ3v) is 2.51. The fourth-order valence-electron chi connectivity index (χ4n) is 1.65. The van der Waals surface area contributed by atoms with E-state index in [0.29, 0.717) is 0 Å². The Balaban J connectivity index is 2.26. The molecule has 0 radical (unpaired) electrons. The molecule has 2 aromatic rings. The summed E-state index contributed by atoms with van der Waals surface area (Å²) < 4.78 is 0. The predicted molar refractivity (Wildman–Crippen MR) is 71.0 cm³/mol. The van der Waals surface area contributed by atoms with Crippen LogP contribution in [0.3, 0.4) is 0 Å². The van der Waals surface area contributed by atoms with Crippen molar-refractivity contribution in [3.8, 4) is 0 Å². The van der Waals surface area contributed by atoms with Gasteiger partial charge >= 0.3 is 0 Å². The van der Waals surface area contributed by atoms with Crippen LogP contribution in [0.15, 0.2) is 43.0 Å². The Hall–Kier alpha value is -2.02. The van der Waals surface area contributed by atoms with Crippen LogP contribution < -0.4 is 0 Å². The summed E-state index contributed by atoms with van der Waals surface area (Å²) >= 11 is 0. The molecular weight excluding hydrogens is 194 g/mol. The molecule has 0 spiro atoms. The molecule has 0 fully saturated rings. The number of rotatable bonds is 3. The highest BCUT2D eigenvalue weighted by Gasteiger charge is 1.94. The van der Waals surface area contributed by atoms with Gasteiger partial charge in [0.05, 0.1) is 0 Å². The van der Waals surface area contributed by atoms with Gasteiger partial charge in [-0.05, 0) is 36.3 Å². The van der Waals surface area contributed by atoms with Crippen LogP contribution in [0.4, 0.5) is 0 Å². The van der Waals surface area contributed by atoms with Crippen LogP contribution in [0.25, 0.3) is 18.2 Å². The van der Waals surface area contributed by atoms with Crippen LogP contribution in [0.1, 0.15) is 22.5 Å². The van der Waals surface area contributed by atoms with Gasteiger partial charge in [0.1, 0.15) is 0 Å². The molecule has 1 heterocycles. The normalized spacial score (nSPS) is 10.8. The number of H-pyrrole nitrogens is 1. The molecule has 80 valence electrons. The van der Waals surface area contributed by atoms with Gasteiger partial charge in [0.2, 0.25) is 0 Å². The van der Waals surface area contributed by atoms with Crippen molar-refractivity contribution in [1.82, 2.24) is 4.98 Å². The van der Waals surface area contributed by atoms with Crippen LogP contribution in [-0.4, -0.2) is 4.98 Å². The van der Waals surface area contributed by atoms with Crippen LogP contribution in [0, 0.1) is 6.92 Å². The van der Waals surface area contributed by atoms with Gasteiger partial charge in [0.15, 0.2) is 0 Å². The van der Waals surface area contributed by atoms with Crippen molar-refractivity contribution in [2.75, 3.05) is 0 Å². The zero-order valence-electron chi connectivity index (χ0n) is 9.40. The summed E-state index contributed by atoms with van der Waals surface area (Å²) in [5.41, 5.74) is 4.64.